The highest BCUT2D eigenvalue weighted by molar-refractivity contribution is 6.31. The van der Waals surface area contributed by atoms with Gasteiger partial charge in [0.15, 0.2) is 0 Å². The smallest absolute Gasteiger partial charge is 0.261 e. The molecule has 0 saturated carbocycles. The Morgan fingerprint density at radius 3 is 2.47 bits per heavy atom. The lowest BCUT2D eigenvalue weighted by Crippen LogP contribution is -2.21. The molecule has 30 heavy (non-hydrogen) atoms. The monoisotopic (exact) mass is 438 g/mol. The molecular formula is C23H16Cl2N2O3. The molecule has 1 N–H and O–H groups in total. The molecule has 5 nitrogen and oxygen atoms in total. The summed E-state index contributed by atoms with van der Waals surface area (Å²) in [6.45, 7) is 0. The standard InChI is InChI=1S/C23H16Cl2N2O3/c1-29-21-11-8-16(25)13-19(21)27-23-18(12-14-4-2-3-5-20(14)30-23)22(28)26-17-9-6-15(24)7-10-17/h2-13H,1H3,(H,26,28). The quantitative estimate of drug-likeness (QED) is 0.410. The van der Waals surface area contributed by atoms with Crippen molar-refractivity contribution in [1.29, 1.82) is 0 Å². The Bertz CT molecular complexity index is 1300. The zero-order valence-corrected chi connectivity index (χ0v) is 17.4. The van der Waals surface area contributed by atoms with E-state index in [0.717, 1.165) is 5.39 Å². The Morgan fingerprint density at radius 2 is 1.70 bits per heavy atom. The number of carbonyl (C=O) groups is 1. The number of benzene rings is 3. The molecule has 7 heteroatoms. The number of anilines is 1. The van der Waals surface area contributed by atoms with Crippen molar-refractivity contribution in [2.75, 3.05) is 12.4 Å². The molecule has 0 saturated heterocycles. The largest absolute Gasteiger partial charge is 0.494 e. The molecule has 0 aliphatic rings. The highest BCUT2D eigenvalue weighted by Gasteiger charge is 2.14. The van der Waals surface area contributed by atoms with Crippen molar-refractivity contribution >= 4 is 51.5 Å². The van der Waals surface area contributed by atoms with Crippen LogP contribution in [0.1, 0.15) is 10.4 Å². The number of methoxy groups -OCH3 is 1. The van der Waals surface area contributed by atoms with Gasteiger partial charge in [0.1, 0.15) is 22.6 Å². The minimum Gasteiger partial charge on any atom is -0.494 e. The molecule has 0 bridgehead atoms. The van der Waals surface area contributed by atoms with Crippen molar-refractivity contribution in [2.24, 2.45) is 4.99 Å². The molecule has 0 radical (unpaired) electrons. The van der Waals surface area contributed by atoms with E-state index in [1.165, 1.54) is 7.11 Å². The van der Waals surface area contributed by atoms with E-state index in [1.807, 2.05) is 24.3 Å². The zero-order chi connectivity index (χ0) is 21.1. The van der Waals surface area contributed by atoms with E-state index in [0.29, 0.717) is 32.8 Å². The van der Waals surface area contributed by atoms with Crippen molar-refractivity contribution in [1.82, 2.24) is 0 Å². The molecule has 0 spiro atoms. The van der Waals surface area contributed by atoms with Gasteiger partial charge in [0, 0.05) is 21.1 Å². The first-order chi connectivity index (χ1) is 14.5. The van der Waals surface area contributed by atoms with Gasteiger partial charge in [-0.05, 0) is 54.6 Å². The second kappa shape index (κ2) is 8.61. The van der Waals surface area contributed by atoms with Crippen LogP contribution in [0, 0.1) is 0 Å². The molecular weight excluding hydrogens is 423 g/mol. The number of ether oxygens (including phenoxy) is 1. The summed E-state index contributed by atoms with van der Waals surface area (Å²) in [5.41, 5.74) is 2.06. The van der Waals surface area contributed by atoms with Crippen LogP contribution < -0.4 is 15.6 Å². The summed E-state index contributed by atoms with van der Waals surface area (Å²) < 4.78 is 11.3. The number of fused-ring (bicyclic) bond motifs is 1. The first kappa shape index (κ1) is 20.0. The van der Waals surface area contributed by atoms with Gasteiger partial charge in [-0.15, -0.1) is 0 Å². The average Bonchev–Trinajstić information content (AvgIpc) is 2.75. The fraction of sp³-hybridized carbons (Fsp3) is 0.0435. The van der Waals surface area contributed by atoms with Crippen molar-refractivity contribution < 1.29 is 13.9 Å². The topological polar surface area (TPSA) is 63.8 Å². The second-order valence-electron chi connectivity index (χ2n) is 6.39. The first-order valence-corrected chi connectivity index (χ1v) is 9.77. The third-order valence-corrected chi connectivity index (χ3v) is 4.85. The summed E-state index contributed by atoms with van der Waals surface area (Å²) in [6.07, 6.45) is 0. The van der Waals surface area contributed by atoms with Crippen LogP contribution in [0.4, 0.5) is 11.4 Å². The number of rotatable bonds is 4. The number of carbonyl (C=O) groups excluding carboxylic acids is 1. The number of hydrogen-bond donors (Lipinski definition) is 1. The highest BCUT2D eigenvalue weighted by Crippen LogP contribution is 2.30. The number of halogens is 2. The third-order valence-electron chi connectivity index (χ3n) is 4.37. The third kappa shape index (κ3) is 4.32. The maximum Gasteiger partial charge on any atom is 0.261 e. The van der Waals surface area contributed by atoms with E-state index in [9.17, 15) is 4.79 Å². The van der Waals surface area contributed by atoms with Gasteiger partial charge in [-0.2, -0.15) is 0 Å². The summed E-state index contributed by atoms with van der Waals surface area (Å²) in [7, 11) is 1.54. The SMILES string of the molecule is COc1ccc(Cl)cc1N=c1oc2ccccc2cc1C(=O)Nc1ccc(Cl)cc1. The Hall–Kier alpha value is -3.28. The van der Waals surface area contributed by atoms with Gasteiger partial charge in [-0.3, -0.25) is 4.79 Å². The fourth-order valence-corrected chi connectivity index (χ4v) is 3.20. The van der Waals surface area contributed by atoms with E-state index in [4.69, 9.17) is 32.4 Å². The molecule has 0 aliphatic carbocycles. The van der Waals surface area contributed by atoms with Crippen LogP contribution >= 0.6 is 23.2 Å². The number of amides is 1. The molecule has 0 aliphatic heterocycles. The Labute approximate surface area is 182 Å². The van der Waals surface area contributed by atoms with Gasteiger partial charge in [0.25, 0.3) is 5.91 Å². The molecule has 0 atom stereocenters. The first-order valence-electron chi connectivity index (χ1n) is 9.01. The summed E-state index contributed by atoms with van der Waals surface area (Å²) in [6, 6.07) is 21.0. The molecule has 1 heterocycles. The lowest BCUT2D eigenvalue weighted by molar-refractivity contribution is 0.102. The van der Waals surface area contributed by atoms with Gasteiger partial charge in [0.05, 0.1) is 7.11 Å². The summed E-state index contributed by atoms with van der Waals surface area (Å²) in [4.78, 5) is 17.6. The van der Waals surface area contributed by atoms with Crippen LogP contribution in [0.5, 0.6) is 5.75 Å². The number of hydrogen-bond acceptors (Lipinski definition) is 4. The average molecular weight is 439 g/mol. The zero-order valence-electron chi connectivity index (χ0n) is 15.9. The molecule has 4 rings (SSSR count). The van der Waals surface area contributed by atoms with Crippen molar-refractivity contribution in [3.05, 3.63) is 94.0 Å². The van der Waals surface area contributed by atoms with Gasteiger partial charge < -0.3 is 14.5 Å². The molecule has 4 aromatic rings. The van der Waals surface area contributed by atoms with Gasteiger partial charge in [-0.25, -0.2) is 4.99 Å². The molecule has 1 aromatic heterocycles. The summed E-state index contributed by atoms with van der Waals surface area (Å²) >= 11 is 12.0. The lowest BCUT2D eigenvalue weighted by Gasteiger charge is -2.08. The van der Waals surface area contributed by atoms with Crippen LogP contribution in [0.3, 0.4) is 0 Å². The minimum absolute atomic E-state index is 0.140. The van der Waals surface area contributed by atoms with E-state index in [1.54, 1.807) is 48.5 Å². The van der Waals surface area contributed by atoms with Crippen molar-refractivity contribution in [3.63, 3.8) is 0 Å². The molecule has 3 aromatic carbocycles. The Morgan fingerprint density at radius 1 is 0.967 bits per heavy atom. The van der Waals surface area contributed by atoms with E-state index in [2.05, 4.69) is 10.3 Å². The number of para-hydroxylation sites is 1. The molecule has 150 valence electrons. The number of nitrogens with zero attached hydrogens (tertiary/aromatic N) is 1. The highest BCUT2D eigenvalue weighted by atomic mass is 35.5. The van der Waals surface area contributed by atoms with Crippen LogP contribution in [0.25, 0.3) is 11.0 Å². The van der Waals surface area contributed by atoms with Crippen LogP contribution in [0.15, 0.2) is 82.2 Å². The van der Waals surface area contributed by atoms with Gasteiger partial charge >= 0.3 is 0 Å². The van der Waals surface area contributed by atoms with Crippen LogP contribution in [-0.2, 0) is 0 Å². The van der Waals surface area contributed by atoms with Gasteiger partial charge in [-0.1, -0.05) is 41.4 Å². The van der Waals surface area contributed by atoms with E-state index < -0.39 is 0 Å². The maximum absolute atomic E-state index is 13.1. The Kier molecular flexibility index (Phi) is 5.74. The molecule has 0 unspecified atom stereocenters. The lowest BCUT2D eigenvalue weighted by atomic mass is 10.1. The molecule has 0 fully saturated rings. The fourth-order valence-electron chi connectivity index (χ4n) is 2.91. The number of nitrogens with one attached hydrogen (secondary N) is 1. The minimum atomic E-state index is -0.369. The maximum atomic E-state index is 13.1. The van der Waals surface area contributed by atoms with E-state index >= 15 is 0 Å². The predicted molar refractivity (Wildman–Crippen MR) is 119 cm³/mol. The second-order valence-corrected chi connectivity index (χ2v) is 7.26. The molecule has 1 amide bonds. The normalized spacial score (nSPS) is 11.5. The van der Waals surface area contributed by atoms with Crippen molar-refractivity contribution in [2.45, 2.75) is 0 Å². The van der Waals surface area contributed by atoms with E-state index in [-0.39, 0.29) is 17.0 Å². The predicted octanol–water partition coefficient (Wildman–Crippen LogP) is 6.23. The van der Waals surface area contributed by atoms with Crippen molar-refractivity contribution in [3.8, 4) is 5.75 Å². The summed E-state index contributed by atoms with van der Waals surface area (Å²) in [5, 5.41) is 4.68. The van der Waals surface area contributed by atoms with Crippen LogP contribution in [0.2, 0.25) is 10.0 Å². The van der Waals surface area contributed by atoms with Gasteiger partial charge in [0.2, 0.25) is 5.55 Å². The summed E-state index contributed by atoms with van der Waals surface area (Å²) in [5.74, 6) is 0.137. The van der Waals surface area contributed by atoms with Crippen LogP contribution in [-0.4, -0.2) is 13.0 Å². The Balaban J connectivity index is 1.87.